The first-order chi connectivity index (χ1) is 7.97. The Bertz CT molecular complexity index is 396. The SMILES string of the molecule is C[Si](C)(C)C1CC(Cc2ccccc2)NC1=O. The molecule has 1 aliphatic rings. The molecule has 0 bridgehead atoms. The van der Waals surface area contributed by atoms with Crippen molar-refractivity contribution in [3.05, 3.63) is 35.9 Å². The summed E-state index contributed by atoms with van der Waals surface area (Å²) in [4.78, 5) is 11.9. The van der Waals surface area contributed by atoms with Gasteiger partial charge in [-0.1, -0.05) is 50.0 Å². The van der Waals surface area contributed by atoms with Gasteiger partial charge in [0.2, 0.25) is 5.91 Å². The third-order valence-corrected chi connectivity index (χ3v) is 6.14. The van der Waals surface area contributed by atoms with Crippen LogP contribution in [0.4, 0.5) is 0 Å². The Balaban J connectivity index is 2.01. The summed E-state index contributed by atoms with van der Waals surface area (Å²) in [5, 5.41) is 3.15. The molecule has 2 nitrogen and oxygen atoms in total. The minimum atomic E-state index is -1.36. The summed E-state index contributed by atoms with van der Waals surface area (Å²) in [6, 6.07) is 10.7. The second kappa shape index (κ2) is 4.65. The Morgan fingerprint density at radius 3 is 2.41 bits per heavy atom. The largest absolute Gasteiger partial charge is 0.353 e. The van der Waals surface area contributed by atoms with E-state index >= 15 is 0 Å². The minimum absolute atomic E-state index is 0.282. The van der Waals surface area contributed by atoms with Crippen LogP contribution in [-0.4, -0.2) is 20.0 Å². The first-order valence-electron chi connectivity index (χ1n) is 6.31. The van der Waals surface area contributed by atoms with Crippen LogP contribution in [0.2, 0.25) is 25.2 Å². The molecule has 1 fully saturated rings. The van der Waals surface area contributed by atoms with E-state index in [1.807, 2.05) is 6.07 Å². The fraction of sp³-hybridized carbons (Fsp3) is 0.500. The Kier molecular flexibility index (Phi) is 3.38. The van der Waals surface area contributed by atoms with E-state index in [0.717, 1.165) is 12.8 Å². The highest BCUT2D eigenvalue weighted by atomic mass is 28.3. The predicted octanol–water partition coefficient (Wildman–Crippen LogP) is 2.83. The lowest BCUT2D eigenvalue weighted by molar-refractivity contribution is -0.119. The number of hydrogen-bond acceptors (Lipinski definition) is 1. The summed E-state index contributed by atoms with van der Waals surface area (Å²) in [6.07, 6.45) is 1.98. The molecule has 0 spiro atoms. The maximum Gasteiger partial charge on any atom is 0.220 e. The Labute approximate surface area is 104 Å². The number of nitrogens with one attached hydrogen (secondary N) is 1. The van der Waals surface area contributed by atoms with Crippen molar-refractivity contribution in [1.82, 2.24) is 5.32 Å². The summed E-state index contributed by atoms with van der Waals surface area (Å²) in [7, 11) is -1.36. The molecule has 2 unspecified atom stereocenters. The lowest BCUT2D eigenvalue weighted by atomic mass is 10.0. The highest BCUT2D eigenvalue weighted by molar-refractivity contribution is 6.80. The second-order valence-electron chi connectivity index (χ2n) is 6.05. The summed E-state index contributed by atoms with van der Waals surface area (Å²) >= 11 is 0. The van der Waals surface area contributed by atoms with Gasteiger partial charge in [-0.15, -0.1) is 0 Å². The monoisotopic (exact) mass is 247 g/mol. The molecule has 0 aromatic heterocycles. The van der Waals surface area contributed by atoms with Crippen molar-refractivity contribution in [3.8, 4) is 0 Å². The number of hydrogen-bond donors (Lipinski definition) is 1. The van der Waals surface area contributed by atoms with Gasteiger partial charge in [0.15, 0.2) is 0 Å². The summed E-state index contributed by atoms with van der Waals surface area (Å²) < 4.78 is 0. The predicted molar refractivity (Wildman–Crippen MR) is 73.8 cm³/mol. The van der Waals surface area contributed by atoms with Crippen LogP contribution in [0.5, 0.6) is 0 Å². The van der Waals surface area contributed by atoms with Gasteiger partial charge < -0.3 is 5.32 Å². The molecule has 1 aromatic rings. The van der Waals surface area contributed by atoms with E-state index in [1.165, 1.54) is 5.56 Å². The number of amides is 1. The average molecular weight is 247 g/mol. The van der Waals surface area contributed by atoms with Gasteiger partial charge in [0.1, 0.15) is 0 Å². The maximum absolute atomic E-state index is 11.9. The van der Waals surface area contributed by atoms with Gasteiger partial charge in [0.05, 0.1) is 8.07 Å². The smallest absolute Gasteiger partial charge is 0.220 e. The molecule has 3 heteroatoms. The number of rotatable bonds is 3. The molecule has 92 valence electrons. The number of carbonyl (C=O) groups is 1. The van der Waals surface area contributed by atoms with E-state index in [1.54, 1.807) is 0 Å². The standard InChI is InChI=1S/C14H21NOSi/c1-17(2,3)13-10-12(15-14(13)16)9-11-7-5-4-6-8-11/h4-8,12-13H,9-10H2,1-3H3,(H,15,16). The molecule has 17 heavy (non-hydrogen) atoms. The van der Waals surface area contributed by atoms with Gasteiger partial charge in [0, 0.05) is 11.6 Å². The average Bonchev–Trinajstić information content (AvgIpc) is 2.60. The Hall–Kier alpha value is -1.09. The molecule has 1 saturated heterocycles. The van der Waals surface area contributed by atoms with Crippen LogP contribution >= 0.6 is 0 Å². The zero-order valence-electron chi connectivity index (χ0n) is 10.9. The molecule has 1 aliphatic heterocycles. The third kappa shape index (κ3) is 2.97. The molecule has 1 N–H and O–H groups in total. The molecular formula is C14H21NOSi. The summed E-state index contributed by atoms with van der Waals surface area (Å²) in [5.41, 5.74) is 1.60. The van der Waals surface area contributed by atoms with Crippen molar-refractivity contribution in [2.45, 2.75) is 44.1 Å². The highest BCUT2D eigenvalue weighted by Gasteiger charge is 2.40. The first-order valence-corrected chi connectivity index (χ1v) is 9.89. The van der Waals surface area contributed by atoms with Crippen molar-refractivity contribution in [2.75, 3.05) is 0 Å². The molecule has 1 aromatic carbocycles. The molecule has 0 radical (unpaired) electrons. The molecule has 2 atom stereocenters. The van der Waals surface area contributed by atoms with Gasteiger partial charge in [-0.05, 0) is 18.4 Å². The van der Waals surface area contributed by atoms with Crippen molar-refractivity contribution in [2.24, 2.45) is 0 Å². The van der Waals surface area contributed by atoms with Gasteiger partial charge >= 0.3 is 0 Å². The van der Waals surface area contributed by atoms with E-state index in [0.29, 0.717) is 6.04 Å². The first kappa shape index (κ1) is 12.4. The van der Waals surface area contributed by atoms with Crippen LogP contribution in [-0.2, 0) is 11.2 Å². The lowest BCUT2D eigenvalue weighted by Gasteiger charge is -2.21. The van der Waals surface area contributed by atoms with E-state index in [4.69, 9.17) is 0 Å². The minimum Gasteiger partial charge on any atom is -0.353 e. The summed E-state index contributed by atoms with van der Waals surface area (Å²) in [6.45, 7) is 6.84. The second-order valence-corrected chi connectivity index (χ2v) is 11.5. The van der Waals surface area contributed by atoms with Crippen LogP contribution in [0.1, 0.15) is 12.0 Å². The van der Waals surface area contributed by atoms with Gasteiger partial charge in [-0.2, -0.15) is 0 Å². The van der Waals surface area contributed by atoms with Crippen molar-refractivity contribution in [1.29, 1.82) is 0 Å². The maximum atomic E-state index is 11.9. The molecule has 1 heterocycles. The lowest BCUT2D eigenvalue weighted by Crippen LogP contribution is -2.34. The van der Waals surface area contributed by atoms with Crippen molar-refractivity contribution in [3.63, 3.8) is 0 Å². The van der Waals surface area contributed by atoms with Gasteiger partial charge in [-0.25, -0.2) is 0 Å². The summed E-state index contributed by atoms with van der Waals surface area (Å²) in [5.74, 6) is 0.282. The van der Waals surface area contributed by atoms with Gasteiger partial charge in [-0.3, -0.25) is 4.79 Å². The van der Waals surface area contributed by atoms with Crippen LogP contribution in [0, 0.1) is 0 Å². The van der Waals surface area contributed by atoms with E-state index < -0.39 is 8.07 Å². The Morgan fingerprint density at radius 1 is 1.24 bits per heavy atom. The fourth-order valence-corrected chi connectivity index (χ4v) is 4.39. The molecule has 0 saturated carbocycles. The van der Waals surface area contributed by atoms with Crippen LogP contribution in [0.3, 0.4) is 0 Å². The van der Waals surface area contributed by atoms with Crippen LogP contribution in [0.15, 0.2) is 30.3 Å². The molecule has 0 aliphatic carbocycles. The fourth-order valence-electron chi connectivity index (χ4n) is 2.53. The van der Waals surface area contributed by atoms with E-state index in [9.17, 15) is 4.79 Å². The third-order valence-electron chi connectivity index (χ3n) is 3.55. The van der Waals surface area contributed by atoms with Crippen molar-refractivity contribution >= 4 is 14.0 Å². The van der Waals surface area contributed by atoms with E-state index in [2.05, 4.69) is 49.2 Å². The quantitative estimate of drug-likeness (QED) is 0.818. The number of carbonyl (C=O) groups excluding carboxylic acids is 1. The van der Waals surface area contributed by atoms with Gasteiger partial charge in [0.25, 0.3) is 0 Å². The molecule has 2 rings (SSSR count). The highest BCUT2D eigenvalue weighted by Crippen LogP contribution is 2.32. The normalized spacial score (nSPS) is 24.8. The zero-order valence-corrected chi connectivity index (χ0v) is 11.9. The number of benzene rings is 1. The van der Waals surface area contributed by atoms with Crippen LogP contribution < -0.4 is 5.32 Å². The van der Waals surface area contributed by atoms with Crippen LogP contribution in [0.25, 0.3) is 0 Å². The molecular weight excluding hydrogens is 226 g/mol. The topological polar surface area (TPSA) is 29.1 Å². The molecule has 1 amide bonds. The Morgan fingerprint density at radius 2 is 1.88 bits per heavy atom. The van der Waals surface area contributed by atoms with Crippen molar-refractivity contribution < 1.29 is 4.79 Å². The zero-order chi connectivity index (χ0) is 12.5. The van der Waals surface area contributed by atoms with E-state index in [-0.39, 0.29) is 11.4 Å².